The van der Waals surface area contributed by atoms with Crippen LogP contribution in [0.15, 0.2) is 17.7 Å². The van der Waals surface area contributed by atoms with Gasteiger partial charge in [0.1, 0.15) is 0 Å². The Labute approximate surface area is 78.2 Å². The second-order valence-corrected chi connectivity index (χ2v) is 1.66. The number of hydrogen-bond acceptors (Lipinski definition) is 0. The fourth-order valence-corrected chi connectivity index (χ4v) is 0.693. The average Bonchev–Trinajstić information content (AvgIpc) is 2.14. The summed E-state index contributed by atoms with van der Waals surface area (Å²) in [5, 5.41) is 0. The van der Waals surface area contributed by atoms with Crippen molar-refractivity contribution >= 4 is 0 Å². The predicted molar refractivity (Wildman–Crippen MR) is 43.6 cm³/mol. The van der Waals surface area contributed by atoms with Gasteiger partial charge in [0.2, 0.25) is 0 Å². The van der Waals surface area contributed by atoms with E-state index >= 15 is 0 Å². The molecule has 0 saturated carbocycles. The van der Waals surface area contributed by atoms with Crippen LogP contribution in [-0.4, -0.2) is 0 Å². The topological polar surface area (TPSA) is 0 Å². The van der Waals surface area contributed by atoms with Crippen LogP contribution in [-0.2, 0) is 19.5 Å². The molecule has 0 bridgehead atoms. The van der Waals surface area contributed by atoms with Gasteiger partial charge in [-0.15, -0.1) is 6.42 Å². The summed E-state index contributed by atoms with van der Waals surface area (Å²) in [6.07, 6.45) is 9.65. The van der Waals surface area contributed by atoms with Crippen molar-refractivity contribution in [2.45, 2.75) is 19.8 Å². The van der Waals surface area contributed by atoms with E-state index in [-0.39, 0.29) is 34.3 Å². The first-order valence-electron chi connectivity index (χ1n) is 2.69. The van der Waals surface area contributed by atoms with Crippen molar-refractivity contribution < 1.29 is 19.5 Å². The van der Waals surface area contributed by atoms with Crippen molar-refractivity contribution in [1.82, 2.24) is 0 Å². The smallest absolute Gasteiger partial charge is 0.358 e. The van der Waals surface area contributed by atoms with Crippen LogP contribution in [0.25, 0.3) is 0 Å². The Kier molecular flexibility index (Phi) is 15.1. The van der Waals surface area contributed by atoms with Crippen molar-refractivity contribution in [3.05, 3.63) is 38.7 Å². The SMILES string of the molecule is CCC1=[C-]CC=C1.[CH3-].[CH3-].[Ru+3]. The van der Waals surface area contributed by atoms with Gasteiger partial charge in [-0.2, -0.15) is 6.08 Å². The van der Waals surface area contributed by atoms with E-state index in [1.54, 1.807) is 0 Å². The van der Waals surface area contributed by atoms with Crippen molar-refractivity contribution in [3.63, 3.8) is 0 Å². The molecule has 1 aliphatic carbocycles. The van der Waals surface area contributed by atoms with Crippen LogP contribution in [0.1, 0.15) is 19.8 Å². The zero-order valence-corrected chi connectivity index (χ0v) is 8.66. The summed E-state index contributed by atoms with van der Waals surface area (Å²) in [6.45, 7) is 2.15. The van der Waals surface area contributed by atoms with E-state index < -0.39 is 0 Å². The molecule has 0 aromatic heterocycles. The van der Waals surface area contributed by atoms with Crippen LogP contribution in [0.5, 0.6) is 0 Å². The Balaban J connectivity index is -0.000000163. The average molecular weight is 224 g/mol. The molecule has 0 N–H and O–H groups in total. The van der Waals surface area contributed by atoms with E-state index in [1.807, 2.05) is 0 Å². The summed E-state index contributed by atoms with van der Waals surface area (Å²) in [6, 6.07) is 0. The van der Waals surface area contributed by atoms with E-state index in [4.69, 9.17) is 0 Å². The first kappa shape index (κ1) is 16.6. The zero-order valence-electron chi connectivity index (χ0n) is 6.92. The molecule has 0 atom stereocenters. The summed E-state index contributed by atoms with van der Waals surface area (Å²) in [5.41, 5.74) is 1.36. The van der Waals surface area contributed by atoms with Crippen LogP contribution in [0.4, 0.5) is 0 Å². The van der Waals surface area contributed by atoms with Gasteiger partial charge in [0, 0.05) is 0 Å². The first-order chi connectivity index (χ1) is 3.43. The quantitative estimate of drug-likeness (QED) is 0.474. The minimum absolute atomic E-state index is 0. The van der Waals surface area contributed by atoms with E-state index in [0.717, 1.165) is 12.8 Å². The molecule has 10 heavy (non-hydrogen) atoms. The third-order valence-corrected chi connectivity index (χ3v) is 1.15. The molecular formula is C9H15Ru. The Morgan fingerprint density at radius 3 is 2.30 bits per heavy atom. The van der Waals surface area contributed by atoms with E-state index in [2.05, 4.69) is 25.2 Å². The van der Waals surface area contributed by atoms with Gasteiger partial charge in [-0.05, 0) is 0 Å². The Morgan fingerprint density at radius 1 is 1.50 bits per heavy atom. The molecule has 0 heterocycles. The fourth-order valence-electron chi connectivity index (χ4n) is 0.693. The number of hydrogen-bond donors (Lipinski definition) is 0. The van der Waals surface area contributed by atoms with Gasteiger partial charge in [0.05, 0.1) is 0 Å². The van der Waals surface area contributed by atoms with Crippen LogP contribution in [0.3, 0.4) is 0 Å². The second kappa shape index (κ2) is 9.10. The predicted octanol–water partition coefficient (Wildman–Crippen LogP) is 2.98. The Hall–Kier alpha value is 0.103. The van der Waals surface area contributed by atoms with Gasteiger partial charge in [0.15, 0.2) is 0 Å². The molecule has 1 rings (SSSR count). The van der Waals surface area contributed by atoms with Crippen molar-refractivity contribution in [2.75, 3.05) is 0 Å². The standard InChI is InChI=1S/C7H9.2CH3.Ru/c1-2-7-5-3-4-6-7;;;/h3,5H,2,4H2,1H3;2*1H3;/q3*-1;+3. The molecular weight excluding hydrogens is 209 g/mol. The first-order valence-corrected chi connectivity index (χ1v) is 2.69. The minimum Gasteiger partial charge on any atom is -0.358 e. The summed E-state index contributed by atoms with van der Waals surface area (Å²) >= 11 is 0. The molecule has 1 heteroatoms. The number of allylic oxidation sites excluding steroid dienone is 4. The zero-order chi connectivity index (χ0) is 5.11. The Bertz CT molecular complexity index is 112. The van der Waals surface area contributed by atoms with Gasteiger partial charge >= 0.3 is 19.5 Å². The van der Waals surface area contributed by atoms with E-state index in [0.29, 0.717) is 0 Å². The molecule has 0 spiro atoms. The van der Waals surface area contributed by atoms with Crippen LogP contribution < -0.4 is 0 Å². The summed E-state index contributed by atoms with van der Waals surface area (Å²) in [5.74, 6) is 0. The summed E-state index contributed by atoms with van der Waals surface area (Å²) < 4.78 is 0. The fraction of sp³-hybridized carbons (Fsp3) is 0.333. The maximum Gasteiger partial charge on any atom is 3.00 e. The summed E-state index contributed by atoms with van der Waals surface area (Å²) in [7, 11) is 0. The minimum atomic E-state index is 0. The van der Waals surface area contributed by atoms with Gasteiger partial charge in [-0.3, -0.25) is 6.08 Å². The monoisotopic (exact) mass is 225 g/mol. The van der Waals surface area contributed by atoms with Crippen molar-refractivity contribution in [2.24, 2.45) is 0 Å². The van der Waals surface area contributed by atoms with Gasteiger partial charge in [-0.1, -0.05) is 13.3 Å². The molecule has 1 radical (unpaired) electrons. The van der Waals surface area contributed by atoms with Gasteiger partial charge in [0.25, 0.3) is 0 Å². The third-order valence-electron chi connectivity index (χ3n) is 1.15. The molecule has 0 aromatic carbocycles. The largest absolute Gasteiger partial charge is 3.00 e. The summed E-state index contributed by atoms with van der Waals surface area (Å²) in [4.78, 5) is 0. The molecule has 0 fully saturated rings. The van der Waals surface area contributed by atoms with Crippen LogP contribution in [0.2, 0.25) is 0 Å². The molecule has 0 saturated heterocycles. The number of rotatable bonds is 1. The maximum absolute atomic E-state index is 3.21. The molecule has 0 aliphatic heterocycles. The van der Waals surface area contributed by atoms with Crippen molar-refractivity contribution in [3.8, 4) is 0 Å². The van der Waals surface area contributed by atoms with Gasteiger partial charge < -0.3 is 14.9 Å². The molecule has 0 amide bonds. The molecule has 0 aromatic rings. The second-order valence-electron chi connectivity index (χ2n) is 1.66. The van der Waals surface area contributed by atoms with Crippen LogP contribution in [0, 0.1) is 20.9 Å². The van der Waals surface area contributed by atoms with E-state index in [9.17, 15) is 0 Å². The molecule has 1 aliphatic rings. The Morgan fingerprint density at radius 2 is 2.10 bits per heavy atom. The normalized spacial score (nSPS) is 12.3. The van der Waals surface area contributed by atoms with E-state index in [1.165, 1.54) is 5.57 Å². The molecule has 0 nitrogen and oxygen atoms in total. The van der Waals surface area contributed by atoms with Crippen LogP contribution >= 0.6 is 0 Å². The molecule has 59 valence electrons. The van der Waals surface area contributed by atoms with Crippen molar-refractivity contribution in [1.29, 1.82) is 0 Å². The maximum atomic E-state index is 3.21. The molecule has 0 unspecified atom stereocenters. The van der Waals surface area contributed by atoms with Gasteiger partial charge in [-0.25, -0.2) is 11.6 Å². The third kappa shape index (κ3) is 4.93.